The molecule has 10 heteroatoms. The molecule has 0 unspecified atom stereocenters. The van der Waals surface area contributed by atoms with Gasteiger partial charge in [0.2, 0.25) is 0 Å². The number of benzene rings is 1. The van der Waals surface area contributed by atoms with Crippen LogP contribution in [0.2, 0.25) is 0 Å². The molecule has 7 nitrogen and oxygen atoms in total. The number of carbonyl (C=O) groups excluding carboxylic acids is 1. The van der Waals surface area contributed by atoms with Crippen LogP contribution < -0.4 is 10.6 Å². The predicted molar refractivity (Wildman–Crippen MR) is 75.1 cm³/mol. The Bertz CT molecular complexity index is 658. The molecule has 3 N–H and O–H groups in total. The lowest BCUT2D eigenvalue weighted by atomic mass is 10.1. The molecule has 1 heterocycles. The summed E-state index contributed by atoms with van der Waals surface area (Å²) in [4.78, 5) is 15.2. The van der Waals surface area contributed by atoms with E-state index >= 15 is 0 Å². The van der Waals surface area contributed by atoms with Gasteiger partial charge in [-0.15, -0.1) is 0 Å². The first-order valence-corrected chi connectivity index (χ1v) is 6.64. The maximum Gasteiger partial charge on any atom is 0.418 e. The van der Waals surface area contributed by atoms with Crippen LogP contribution in [0.3, 0.4) is 0 Å². The highest BCUT2D eigenvalue weighted by Gasteiger charge is 2.34. The number of halogens is 3. The number of aliphatic hydroxyl groups excluding tert-OH is 1. The topological polar surface area (TPSA) is 92.1 Å². The Kier molecular flexibility index (Phi) is 5.16. The van der Waals surface area contributed by atoms with Gasteiger partial charge in [0.15, 0.2) is 0 Å². The fourth-order valence-corrected chi connectivity index (χ4v) is 1.83. The van der Waals surface area contributed by atoms with Gasteiger partial charge in [0.1, 0.15) is 12.7 Å². The zero-order chi connectivity index (χ0) is 16.9. The summed E-state index contributed by atoms with van der Waals surface area (Å²) in [7, 11) is 0. The van der Waals surface area contributed by atoms with Crippen LogP contribution in [0.15, 0.2) is 30.9 Å². The number of aliphatic hydroxyl groups is 1. The molecular weight excluding hydrogens is 315 g/mol. The van der Waals surface area contributed by atoms with Crippen LogP contribution in [0.5, 0.6) is 0 Å². The van der Waals surface area contributed by atoms with Crippen molar-refractivity contribution >= 4 is 11.7 Å². The van der Waals surface area contributed by atoms with E-state index in [4.69, 9.17) is 5.11 Å². The lowest BCUT2D eigenvalue weighted by molar-refractivity contribution is -0.137. The molecule has 2 rings (SSSR count). The molecule has 0 spiro atoms. The summed E-state index contributed by atoms with van der Waals surface area (Å²) in [5.41, 5.74) is -1.15. The summed E-state index contributed by atoms with van der Waals surface area (Å²) >= 11 is 0. The lowest BCUT2D eigenvalue weighted by Gasteiger charge is -2.15. The van der Waals surface area contributed by atoms with Gasteiger partial charge in [0.25, 0.3) is 0 Å². The third-order valence-corrected chi connectivity index (χ3v) is 2.85. The molecule has 0 aliphatic carbocycles. The molecule has 0 saturated heterocycles. The fraction of sp³-hybridized carbons (Fsp3) is 0.308. The van der Waals surface area contributed by atoms with Crippen LogP contribution in [0.1, 0.15) is 12.0 Å². The van der Waals surface area contributed by atoms with E-state index < -0.39 is 17.8 Å². The van der Waals surface area contributed by atoms with Gasteiger partial charge in [-0.1, -0.05) is 0 Å². The van der Waals surface area contributed by atoms with Crippen molar-refractivity contribution < 1.29 is 23.1 Å². The van der Waals surface area contributed by atoms with Crippen LogP contribution in [0, 0.1) is 0 Å². The standard InChI is InChI=1S/C13H14F3N5O2/c14-13(15,16)10-6-9(20-12(23)18-4-1-5-22)2-3-11(10)21-8-17-7-19-21/h2-3,6-8,22H,1,4-5H2,(H2,18,20,23). The molecule has 0 aliphatic rings. The Labute approximate surface area is 129 Å². The quantitative estimate of drug-likeness (QED) is 0.729. The zero-order valence-corrected chi connectivity index (χ0v) is 11.8. The van der Waals surface area contributed by atoms with Gasteiger partial charge in [-0.25, -0.2) is 14.5 Å². The normalized spacial score (nSPS) is 11.3. The number of alkyl halides is 3. The van der Waals surface area contributed by atoms with Gasteiger partial charge in [-0.3, -0.25) is 0 Å². The van der Waals surface area contributed by atoms with Crippen LogP contribution in [0.25, 0.3) is 5.69 Å². The Balaban J connectivity index is 2.22. The lowest BCUT2D eigenvalue weighted by Crippen LogP contribution is -2.30. The molecule has 1 aromatic carbocycles. The number of hydrogen-bond acceptors (Lipinski definition) is 4. The second-order valence-corrected chi connectivity index (χ2v) is 4.53. The average Bonchev–Trinajstić information content (AvgIpc) is 3.00. The molecule has 23 heavy (non-hydrogen) atoms. The Morgan fingerprint density at radius 1 is 1.35 bits per heavy atom. The highest BCUT2D eigenvalue weighted by Crippen LogP contribution is 2.35. The number of carbonyl (C=O) groups is 1. The van der Waals surface area contributed by atoms with E-state index in [1.807, 2.05) is 0 Å². The van der Waals surface area contributed by atoms with Crippen molar-refractivity contribution in [1.82, 2.24) is 20.1 Å². The van der Waals surface area contributed by atoms with E-state index in [-0.39, 0.29) is 24.5 Å². The summed E-state index contributed by atoms with van der Waals surface area (Å²) < 4.78 is 40.6. The molecule has 2 aromatic rings. The third kappa shape index (κ3) is 4.42. The third-order valence-electron chi connectivity index (χ3n) is 2.85. The van der Waals surface area contributed by atoms with E-state index in [9.17, 15) is 18.0 Å². The first kappa shape index (κ1) is 16.7. The maximum atomic E-state index is 13.2. The molecule has 124 valence electrons. The molecule has 0 bridgehead atoms. The molecule has 0 saturated carbocycles. The van der Waals surface area contributed by atoms with Crippen molar-refractivity contribution in [2.75, 3.05) is 18.5 Å². The SMILES string of the molecule is O=C(NCCCO)Nc1ccc(-n2cncn2)c(C(F)(F)F)c1. The molecule has 0 fully saturated rings. The monoisotopic (exact) mass is 329 g/mol. The highest BCUT2D eigenvalue weighted by molar-refractivity contribution is 5.89. The number of nitrogens with zero attached hydrogens (tertiary/aromatic N) is 3. The molecular formula is C13H14F3N5O2. The van der Waals surface area contributed by atoms with Gasteiger partial charge in [0.05, 0.1) is 11.3 Å². The van der Waals surface area contributed by atoms with Gasteiger partial charge >= 0.3 is 12.2 Å². The van der Waals surface area contributed by atoms with Gasteiger partial charge < -0.3 is 15.7 Å². The summed E-state index contributed by atoms with van der Waals surface area (Å²) in [5.74, 6) is 0. The minimum Gasteiger partial charge on any atom is -0.396 e. The van der Waals surface area contributed by atoms with Crippen molar-refractivity contribution in [2.24, 2.45) is 0 Å². The van der Waals surface area contributed by atoms with E-state index in [2.05, 4.69) is 20.7 Å². The van der Waals surface area contributed by atoms with Gasteiger partial charge in [-0.2, -0.15) is 18.3 Å². The largest absolute Gasteiger partial charge is 0.418 e. The van der Waals surface area contributed by atoms with Crippen molar-refractivity contribution in [1.29, 1.82) is 0 Å². The smallest absolute Gasteiger partial charge is 0.396 e. The Morgan fingerprint density at radius 3 is 2.74 bits per heavy atom. The average molecular weight is 329 g/mol. The van der Waals surface area contributed by atoms with Gasteiger partial charge in [-0.05, 0) is 24.6 Å². The van der Waals surface area contributed by atoms with E-state index in [0.717, 1.165) is 23.4 Å². The van der Waals surface area contributed by atoms with Gasteiger partial charge in [0, 0.05) is 18.8 Å². The van der Waals surface area contributed by atoms with Crippen LogP contribution in [-0.4, -0.2) is 39.1 Å². The van der Waals surface area contributed by atoms with E-state index in [1.165, 1.54) is 12.1 Å². The maximum absolute atomic E-state index is 13.2. The minimum absolute atomic E-state index is 0.0114. The summed E-state index contributed by atoms with van der Waals surface area (Å²) in [6.45, 7) is 0.122. The van der Waals surface area contributed by atoms with E-state index in [1.54, 1.807) is 0 Å². The van der Waals surface area contributed by atoms with Crippen LogP contribution >= 0.6 is 0 Å². The highest BCUT2D eigenvalue weighted by atomic mass is 19.4. The summed E-state index contributed by atoms with van der Waals surface area (Å²) in [6.07, 6.45) is -1.99. The molecule has 0 atom stereocenters. The second kappa shape index (κ2) is 7.09. The van der Waals surface area contributed by atoms with Crippen molar-refractivity contribution in [3.05, 3.63) is 36.4 Å². The number of hydrogen-bond donors (Lipinski definition) is 3. The number of rotatable bonds is 5. The molecule has 2 amide bonds. The molecule has 1 aromatic heterocycles. The minimum atomic E-state index is -4.62. The number of aromatic nitrogens is 3. The number of urea groups is 1. The summed E-state index contributed by atoms with van der Waals surface area (Å²) in [5, 5.41) is 17.0. The van der Waals surface area contributed by atoms with E-state index in [0.29, 0.717) is 6.42 Å². The van der Waals surface area contributed by atoms with Crippen molar-refractivity contribution in [2.45, 2.75) is 12.6 Å². The first-order chi connectivity index (χ1) is 10.9. The number of anilines is 1. The van der Waals surface area contributed by atoms with Crippen molar-refractivity contribution in [3.8, 4) is 5.69 Å². The molecule has 0 aliphatic heterocycles. The molecule has 0 radical (unpaired) electrons. The zero-order valence-electron chi connectivity index (χ0n) is 11.8. The number of amides is 2. The Hall–Kier alpha value is -2.62. The predicted octanol–water partition coefficient (Wildman–Crippen LogP) is 1.79. The van der Waals surface area contributed by atoms with Crippen LogP contribution in [0.4, 0.5) is 23.7 Å². The second-order valence-electron chi connectivity index (χ2n) is 4.53. The Morgan fingerprint density at radius 2 is 2.13 bits per heavy atom. The fourth-order valence-electron chi connectivity index (χ4n) is 1.83. The van der Waals surface area contributed by atoms with Crippen molar-refractivity contribution in [3.63, 3.8) is 0 Å². The first-order valence-electron chi connectivity index (χ1n) is 6.64. The van der Waals surface area contributed by atoms with Crippen LogP contribution in [-0.2, 0) is 6.18 Å². The number of nitrogens with one attached hydrogen (secondary N) is 2. The summed E-state index contributed by atoms with van der Waals surface area (Å²) in [6, 6.07) is 2.70.